The Balaban J connectivity index is 1.61. The average molecular weight is 538 g/mol. The average Bonchev–Trinajstić information content (AvgIpc) is 3.52. The Labute approximate surface area is 234 Å². The minimum atomic E-state index is -0.670. The first-order valence-electron chi connectivity index (χ1n) is 13.6. The van der Waals surface area contributed by atoms with Crippen LogP contribution >= 0.6 is 0 Å². The summed E-state index contributed by atoms with van der Waals surface area (Å²) in [7, 11) is 2.01. The van der Waals surface area contributed by atoms with Gasteiger partial charge in [-0.05, 0) is 42.2 Å². The first-order chi connectivity index (χ1) is 19.3. The Hall–Kier alpha value is -4.43. The van der Waals surface area contributed by atoms with E-state index in [1.165, 1.54) is 0 Å². The van der Waals surface area contributed by atoms with E-state index in [-0.39, 0.29) is 5.92 Å². The Morgan fingerprint density at radius 2 is 1.82 bits per heavy atom. The topological polar surface area (TPSA) is 108 Å². The quantitative estimate of drug-likeness (QED) is 0.232. The fourth-order valence-electron chi connectivity index (χ4n) is 5.15. The van der Waals surface area contributed by atoms with E-state index in [9.17, 15) is 9.90 Å². The van der Waals surface area contributed by atoms with Crippen LogP contribution in [-0.4, -0.2) is 37.0 Å². The molecule has 2 aromatic heterocycles. The maximum atomic E-state index is 11.9. The summed E-state index contributed by atoms with van der Waals surface area (Å²) in [5.74, 6) is 0.993. The molecule has 1 atom stereocenters. The minimum Gasteiger partial charge on any atom is -0.493 e. The van der Waals surface area contributed by atoms with Gasteiger partial charge >= 0.3 is 0 Å². The molecule has 40 heavy (non-hydrogen) atoms. The molecule has 0 aliphatic heterocycles. The molecule has 0 spiro atoms. The van der Waals surface area contributed by atoms with Crippen LogP contribution in [0.25, 0.3) is 33.5 Å². The van der Waals surface area contributed by atoms with Crippen molar-refractivity contribution in [1.29, 1.82) is 0 Å². The molecule has 5 aromatic rings. The van der Waals surface area contributed by atoms with Crippen LogP contribution in [0, 0.1) is 0 Å². The molecule has 8 nitrogen and oxygen atoms in total. The molecule has 0 unspecified atom stereocenters. The highest BCUT2D eigenvalue weighted by Gasteiger charge is 2.24. The third-order valence-corrected chi connectivity index (χ3v) is 7.05. The molecule has 2 heterocycles. The Morgan fingerprint density at radius 3 is 2.52 bits per heavy atom. The standard InChI is InChI=1S/C32H35N5O3/c1-5-16-40-28-17-22(31(33)39)14-15-24(28)32-34-29(30(20(2)3)36(32)4)23-12-9-13-26-25(23)18-37(35-26)19-27(38)21-10-7-6-8-11-21/h6-15,17-18,20,27,38H,5,16,19H2,1-4H3,(H2,33,39)/t27-/m0/s1. The Kier molecular flexibility index (Phi) is 7.71. The molecule has 0 bridgehead atoms. The molecule has 3 N–H and O–H groups in total. The number of hydrogen-bond acceptors (Lipinski definition) is 5. The number of nitrogens with zero attached hydrogens (tertiary/aromatic N) is 4. The van der Waals surface area contributed by atoms with Crippen LogP contribution in [0.2, 0.25) is 0 Å². The summed E-state index contributed by atoms with van der Waals surface area (Å²) in [5.41, 5.74) is 11.3. The number of carbonyl (C=O) groups is 1. The van der Waals surface area contributed by atoms with Crippen molar-refractivity contribution in [3.63, 3.8) is 0 Å². The van der Waals surface area contributed by atoms with Crippen LogP contribution in [0.3, 0.4) is 0 Å². The Morgan fingerprint density at radius 1 is 1.05 bits per heavy atom. The van der Waals surface area contributed by atoms with Crippen LogP contribution in [0.1, 0.15) is 60.8 Å². The van der Waals surface area contributed by atoms with Gasteiger partial charge in [0.25, 0.3) is 0 Å². The van der Waals surface area contributed by atoms with Crippen LogP contribution in [0.5, 0.6) is 5.75 Å². The lowest BCUT2D eigenvalue weighted by atomic mass is 10.0. The summed E-state index contributed by atoms with van der Waals surface area (Å²) in [6.07, 6.45) is 2.14. The zero-order valence-electron chi connectivity index (χ0n) is 23.3. The van der Waals surface area contributed by atoms with Gasteiger partial charge in [0.15, 0.2) is 0 Å². The van der Waals surface area contributed by atoms with Crippen molar-refractivity contribution in [2.45, 2.75) is 45.8 Å². The number of hydrogen-bond donors (Lipinski definition) is 2. The first-order valence-corrected chi connectivity index (χ1v) is 13.6. The van der Waals surface area contributed by atoms with Crippen molar-refractivity contribution in [2.24, 2.45) is 12.8 Å². The molecule has 0 saturated heterocycles. The molecule has 0 aliphatic rings. The molecule has 0 saturated carbocycles. The maximum Gasteiger partial charge on any atom is 0.248 e. The first kappa shape index (κ1) is 27.1. The summed E-state index contributed by atoms with van der Waals surface area (Å²) in [6, 6.07) is 20.9. The van der Waals surface area contributed by atoms with Gasteiger partial charge in [-0.15, -0.1) is 0 Å². The number of nitrogens with two attached hydrogens (primary N) is 1. The van der Waals surface area contributed by atoms with Gasteiger partial charge in [-0.1, -0.05) is 63.2 Å². The second-order valence-corrected chi connectivity index (χ2v) is 10.3. The lowest BCUT2D eigenvalue weighted by molar-refractivity contribution is 0.1000. The molecular weight excluding hydrogens is 502 g/mol. The van der Waals surface area contributed by atoms with Crippen molar-refractivity contribution in [1.82, 2.24) is 19.3 Å². The third-order valence-electron chi connectivity index (χ3n) is 7.05. The second kappa shape index (κ2) is 11.4. The fourth-order valence-corrected chi connectivity index (χ4v) is 5.15. The van der Waals surface area contributed by atoms with E-state index in [4.69, 9.17) is 20.6 Å². The van der Waals surface area contributed by atoms with E-state index in [0.717, 1.165) is 51.2 Å². The van der Waals surface area contributed by atoms with E-state index in [1.807, 2.05) is 68.7 Å². The maximum absolute atomic E-state index is 11.9. The number of rotatable bonds is 10. The number of aliphatic hydroxyl groups is 1. The lowest BCUT2D eigenvalue weighted by Crippen LogP contribution is -2.11. The molecule has 5 rings (SSSR count). The predicted octanol–water partition coefficient (Wildman–Crippen LogP) is 5.85. The zero-order valence-corrected chi connectivity index (χ0v) is 23.3. The van der Waals surface area contributed by atoms with Gasteiger partial charge in [0.05, 0.1) is 36.0 Å². The van der Waals surface area contributed by atoms with Gasteiger partial charge in [0, 0.05) is 35.5 Å². The van der Waals surface area contributed by atoms with Crippen molar-refractivity contribution in [2.75, 3.05) is 6.61 Å². The summed E-state index contributed by atoms with van der Waals surface area (Å²) >= 11 is 0. The van der Waals surface area contributed by atoms with Gasteiger partial charge < -0.3 is 20.1 Å². The van der Waals surface area contributed by atoms with Crippen LogP contribution in [0.15, 0.2) is 72.9 Å². The van der Waals surface area contributed by atoms with Crippen molar-refractivity contribution < 1.29 is 14.6 Å². The lowest BCUT2D eigenvalue weighted by Gasteiger charge is -2.14. The number of carbonyl (C=O) groups excluding carboxylic acids is 1. The molecule has 8 heteroatoms. The number of amides is 1. The highest BCUT2D eigenvalue weighted by atomic mass is 16.5. The summed E-state index contributed by atoms with van der Waals surface area (Å²) in [4.78, 5) is 17.0. The Bertz CT molecular complexity index is 1650. The molecule has 0 aliphatic carbocycles. The van der Waals surface area contributed by atoms with Crippen LogP contribution < -0.4 is 10.5 Å². The number of fused-ring (bicyclic) bond motifs is 1. The summed E-state index contributed by atoms with van der Waals surface area (Å²) < 4.78 is 9.94. The monoisotopic (exact) mass is 537 g/mol. The SMILES string of the molecule is CCCOc1cc(C(N)=O)ccc1-c1nc(-c2cccc3nn(C[C@H](O)c4ccccc4)cc23)c(C(C)C)n1C. The normalized spacial score (nSPS) is 12.2. The minimum absolute atomic E-state index is 0.177. The van der Waals surface area contributed by atoms with Crippen LogP contribution in [-0.2, 0) is 13.6 Å². The van der Waals surface area contributed by atoms with E-state index in [1.54, 1.807) is 16.8 Å². The van der Waals surface area contributed by atoms with E-state index in [0.29, 0.717) is 24.5 Å². The molecule has 3 aromatic carbocycles. The second-order valence-electron chi connectivity index (χ2n) is 10.3. The fraction of sp³-hybridized carbons (Fsp3) is 0.281. The molecule has 0 radical (unpaired) electrons. The predicted molar refractivity (Wildman–Crippen MR) is 157 cm³/mol. The van der Waals surface area contributed by atoms with E-state index < -0.39 is 12.0 Å². The third kappa shape index (κ3) is 5.22. The van der Waals surface area contributed by atoms with E-state index in [2.05, 4.69) is 24.5 Å². The molecule has 1 amide bonds. The molecular formula is C32H35N5O3. The number of imidazole rings is 1. The van der Waals surface area contributed by atoms with Gasteiger partial charge in [-0.2, -0.15) is 5.10 Å². The molecule has 0 fully saturated rings. The highest BCUT2D eigenvalue weighted by Crippen LogP contribution is 2.39. The smallest absolute Gasteiger partial charge is 0.248 e. The number of primary amides is 1. The zero-order chi connectivity index (χ0) is 28.4. The van der Waals surface area contributed by atoms with Gasteiger partial charge in [-0.25, -0.2) is 4.98 Å². The van der Waals surface area contributed by atoms with Gasteiger partial charge in [-0.3, -0.25) is 9.48 Å². The van der Waals surface area contributed by atoms with Crippen molar-refractivity contribution in [3.05, 3.63) is 89.7 Å². The molecule has 206 valence electrons. The van der Waals surface area contributed by atoms with Crippen molar-refractivity contribution in [3.8, 4) is 28.4 Å². The number of benzene rings is 3. The number of aromatic nitrogens is 4. The number of aliphatic hydroxyl groups excluding tert-OH is 1. The van der Waals surface area contributed by atoms with Gasteiger partial charge in [0.2, 0.25) is 5.91 Å². The van der Waals surface area contributed by atoms with Crippen LogP contribution in [0.4, 0.5) is 0 Å². The van der Waals surface area contributed by atoms with Gasteiger partial charge in [0.1, 0.15) is 11.6 Å². The number of ether oxygens (including phenoxy) is 1. The summed E-state index contributed by atoms with van der Waals surface area (Å²) in [6.45, 7) is 7.18. The largest absolute Gasteiger partial charge is 0.493 e. The summed E-state index contributed by atoms with van der Waals surface area (Å²) in [5, 5.41) is 16.5. The highest BCUT2D eigenvalue weighted by molar-refractivity contribution is 5.95. The van der Waals surface area contributed by atoms with E-state index >= 15 is 0 Å². The van der Waals surface area contributed by atoms with Crippen molar-refractivity contribution >= 4 is 16.8 Å².